The number of carbonyl (C=O) groups excluding carboxylic acids is 1. The van der Waals surface area contributed by atoms with Gasteiger partial charge in [-0.2, -0.15) is 0 Å². The molecule has 5 heteroatoms. The van der Waals surface area contributed by atoms with E-state index in [1.807, 2.05) is 47.2 Å². The molecule has 0 bridgehead atoms. The van der Waals surface area contributed by atoms with E-state index < -0.39 is 0 Å². The van der Waals surface area contributed by atoms with Crippen LogP contribution in [0.25, 0.3) is 10.8 Å². The topological polar surface area (TPSA) is 56.5 Å². The van der Waals surface area contributed by atoms with Gasteiger partial charge in [0.25, 0.3) is 0 Å². The highest BCUT2D eigenvalue weighted by atomic mass is 16.7. The SMILES string of the molecule is CCC(=O)O/N=C(\Cn1ccnc1)c1ccc2ccccc2c1. The lowest BCUT2D eigenvalue weighted by Gasteiger charge is -2.08. The van der Waals surface area contributed by atoms with Crippen LogP contribution >= 0.6 is 0 Å². The maximum Gasteiger partial charge on any atom is 0.334 e. The van der Waals surface area contributed by atoms with Crippen molar-refractivity contribution < 1.29 is 9.63 Å². The second-order valence-electron chi connectivity index (χ2n) is 5.15. The van der Waals surface area contributed by atoms with E-state index in [2.05, 4.69) is 16.2 Å². The summed E-state index contributed by atoms with van der Waals surface area (Å²) in [5.41, 5.74) is 1.59. The Labute approximate surface area is 134 Å². The van der Waals surface area contributed by atoms with E-state index in [1.54, 1.807) is 19.4 Å². The largest absolute Gasteiger partial charge is 0.334 e. The lowest BCUT2D eigenvalue weighted by atomic mass is 10.0. The van der Waals surface area contributed by atoms with Crippen molar-refractivity contribution in [2.75, 3.05) is 0 Å². The fourth-order valence-electron chi connectivity index (χ4n) is 2.27. The molecule has 0 aliphatic heterocycles. The number of hydrogen-bond acceptors (Lipinski definition) is 4. The van der Waals surface area contributed by atoms with Gasteiger partial charge in [-0.1, -0.05) is 48.5 Å². The van der Waals surface area contributed by atoms with Crippen molar-refractivity contribution in [2.45, 2.75) is 19.9 Å². The van der Waals surface area contributed by atoms with Crippen molar-refractivity contribution in [3.05, 3.63) is 66.7 Å². The molecule has 0 atom stereocenters. The molecule has 0 fully saturated rings. The molecule has 3 rings (SSSR count). The first-order valence-electron chi connectivity index (χ1n) is 7.48. The van der Waals surface area contributed by atoms with Crippen molar-refractivity contribution >= 4 is 22.5 Å². The van der Waals surface area contributed by atoms with E-state index in [4.69, 9.17) is 4.84 Å². The fraction of sp³-hybridized carbons (Fsp3) is 0.167. The van der Waals surface area contributed by atoms with Crippen LogP contribution in [0.3, 0.4) is 0 Å². The Balaban J connectivity index is 1.96. The first-order valence-corrected chi connectivity index (χ1v) is 7.48. The molecule has 116 valence electrons. The molecule has 0 aliphatic carbocycles. The van der Waals surface area contributed by atoms with Crippen LogP contribution in [-0.2, 0) is 16.2 Å². The number of nitrogens with zero attached hydrogens (tertiary/aromatic N) is 3. The molecule has 0 amide bonds. The smallest absolute Gasteiger partial charge is 0.331 e. The fourth-order valence-corrected chi connectivity index (χ4v) is 2.27. The van der Waals surface area contributed by atoms with Crippen LogP contribution in [0.15, 0.2) is 66.3 Å². The third-order valence-electron chi connectivity index (χ3n) is 3.52. The molecular weight excluding hydrogens is 290 g/mol. The first kappa shape index (κ1) is 15.0. The number of fused-ring (bicyclic) bond motifs is 1. The Morgan fingerprint density at radius 1 is 1.22 bits per heavy atom. The van der Waals surface area contributed by atoms with Crippen molar-refractivity contribution in [1.82, 2.24) is 9.55 Å². The molecule has 0 saturated heterocycles. The van der Waals surface area contributed by atoms with Gasteiger partial charge < -0.3 is 9.40 Å². The van der Waals surface area contributed by atoms with E-state index >= 15 is 0 Å². The molecule has 0 spiro atoms. The van der Waals surface area contributed by atoms with Gasteiger partial charge in [0.05, 0.1) is 12.9 Å². The zero-order valence-electron chi connectivity index (χ0n) is 12.8. The average molecular weight is 307 g/mol. The molecule has 0 aliphatic rings. The van der Waals surface area contributed by atoms with Gasteiger partial charge >= 0.3 is 5.97 Å². The quantitative estimate of drug-likeness (QED) is 0.412. The highest BCUT2D eigenvalue weighted by Crippen LogP contribution is 2.17. The molecule has 1 aromatic heterocycles. The molecular formula is C18H17N3O2. The highest BCUT2D eigenvalue weighted by molar-refractivity contribution is 6.03. The summed E-state index contributed by atoms with van der Waals surface area (Å²) in [7, 11) is 0. The molecule has 0 N–H and O–H groups in total. The summed E-state index contributed by atoms with van der Waals surface area (Å²) in [5.74, 6) is -0.353. The normalized spacial score (nSPS) is 11.6. The molecule has 5 nitrogen and oxygen atoms in total. The van der Waals surface area contributed by atoms with Gasteiger partial charge in [-0.25, -0.2) is 9.78 Å². The minimum atomic E-state index is -0.353. The third kappa shape index (κ3) is 3.63. The van der Waals surface area contributed by atoms with Crippen LogP contribution in [0.1, 0.15) is 18.9 Å². The van der Waals surface area contributed by atoms with Gasteiger partial charge in [-0.3, -0.25) is 0 Å². The number of aromatic nitrogens is 2. The van der Waals surface area contributed by atoms with Crippen molar-refractivity contribution in [3.8, 4) is 0 Å². The molecule has 0 radical (unpaired) electrons. The summed E-state index contributed by atoms with van der Waals surface area (Å²) in [6, 6.07) is 14.2. The Morgan fingerprint density at radius 3 is 2.78 bits per heavy atom. The third-order valence-corrected chi connectivity index (χ3v) is 3.52. The lowest BCUT2D eigenvalue weighted by Crippen LogP contribution is -2.12. The second kappa shape index (κ2) is 6.87. The molecule has 3 aromatic rings. The predicted octanol–water partition coefficient (Wildman–Crippen LogP) is 3.39. The molecule has 0 unspecified atom stereocenters. The van der Waals surface area contributed by atoms with E-state index in [-0.39, 0.29) is 5.97 Å². The monoisotopic (exact) mass is 307 g/mol. The number of rotatable bonds is 5. The van der Waals surface area contributed by atoms with E-state index in [0.29, 0.717) is 18.7 Å². The van der Waals surface area contributed by atoms with E-state index in [9.17, 15) is 4.79 Å². The van der Waals surface area contributed by atoms with Gasteiger partial charge in [0.1, 0.15) is 5.71 Å². The van der Waals surface area contributed by atoms with Crippen LogP contribution in [0, 0.1) is 0 Å². The van der Waals surface area contributed by atoms with Crippen molar-refractivity contribution in [1.29, 1.82) is 0 Å². The Hall–Kier alpha value is -2.95. The van der Waals surface area contributed by atoms with Crippen LogP contribution in [-0.4, -0.2) is 21.2 Å². The first-order chi connectivity index (χ1) is 11.3. The highest BCUT2D eigenvalue weighted by Gasteiger charge is 2.08. The Morgan fingerprint density at radius 2 is 2.04 bits per heavy atom. The van der Waals surface area contributed by atoms with E-state index in [0.717, 1.165) is 16.3 Å². The molecule has 2 aromatic carbocycles. The van der Waals surface area contributed by atoms with Crippen LogP contribution in [0.5, 0.6) is 0 Å². The van der Waals surface area contributed by atoms with Gasteiger partial charge in [0.15, 0.2) is 0 Å². The maximum absolute atomic E-state index is 11.4. The number of benzene rings is 2. The number of imidazole rings is 1. The summed E-state index contributed by atoms with van der Waals surface area (Å²) in [4.78, 5) is 20.4. The molecule has 0 saturated carbocycles. The zero-order chi connectivity index (χ0) is 16.1. The summed E-state index contributed by atoms with van der Waals surface area (Å²) >= 11 is 0. The number of oxime groups is 1. The summed E-state index contributed by atoms with van der Waals surface area (Å²) in [6.45, 7) is 2.22. The summed E-state index contributed by atoms with van der Waals surface area (Å²) < 4.78 is 1.88. The van der Waals surface area contributed by atoms with E-state index in [1.165, 1.54) is 0 Å². The van der Waals surface area contributed by atoms with Crippen molar-refractivity contribution in [3.63, 3.8) is 0 Å². The lowest BCUT2D eigenvalue weighted by molar-refractivity contribution is -0.143. The van der Waals surface area contributed by atoms with Gasteiger partial charge in [-0.05, 0) is 16.8 Å². The van der Waals surface area contributed by atoms with Crippen molar-refractivity contribution in [2.24, 2.45) is 5.16 Å². The number of carbonyl (C=O) groups is 1. The van der Waals surface area contributed by atoms with Crippen LogP contribution in [0.2, 0.25) is 0 Å². The molecule has 23 heavy (non-hydrogen) atoms. The maximum atomic E-state index is 11.4. The Kier molecular flexibility index (Phi) is 4.47. The van der Waals surface area contributed by atoms with Crippen LogP contribution in [0.4, 0.5) is 0 Å². The Bertz CT molecular complexity index is 838. The minimum absolute atomic E-state index is 0.291. The minimum Gasteiger partial charge on any atom is -0.331 e. The van der Waals surface area contributed by atoms with Gasteiger partial charge in [0.2, 0.25) is 0 Å². The summed E-state index contributed by atoms with van der Waals surface area (Å²) in [6.07, 6.45) is 5.55. The average Bonchev–Trinajstić information content (AvgIpc) is 3.11. The number of hydrogen-bond donors (Lipinski definition) is 0. The van der Waals surface area contributed by atoms with Crippen LogP contribution < -0.4 is 0 Å². The zero-order valence-corrected chi connectivity index (χ0v) is 12.8. The standard InChI is InChI=1S/C18H17N3O2/c1-2-18(22)23-20-17(12-21-10-9-19-13-21)16-8-7-14-5-3-4-6-15(14)11-16/h3-11,13H,2,12H2,1H3/b20-17+. The molecule has 1 heterocycles. The summed E-state index contributed by atoms with van der Waals surface area (Å²) in [5, 5.41) is 6.34. The van der Waals surface area contributed by atoms with Gasteiger partial charge in [-0.15, -0.1) is 0 Å². The van der Waals surface area contributed by atoms with Gasteiger partial charge in [0, 0.05) is 24.4 Å². The predicted molar refractivity (Wildman–Crippen MR) is 89.1 cm³/mol. The second-order valence-corrected chi connectivity index (χ2v) is 5.15.